The molecule has 0 fully saturated rings. The van der Waals surface area contributed by atoms with E-state index >= 15 is 0 Å². The predicted octanol–water partition coefficient (Wildman–Crippen LogP) is 11.4. The number of para-hydroxylation sites is 4. The van der Waals surface area contributed by atoms with Crippen LogP contribution in [0.25, 0.3) is 31.3 Å². The van der Waals surface area contributed by atoms with E-state index in [2.05, 4.69) is 126 Å². The van der Waals surface area contributed by atoms with Gasteiger partial charge in [0.15, 0.2) is 5.43 Å². The van der Waals surface area contributed by atoms with Gasteiger partial charge in [-0.25, -0.2) is 0 Å². The van der Waals surface area contributed by atoms with Crippen LogP contribution in [0.5, 0.6) is 11.5 Å². The molecule has 3 nitrogen and oxygen atoms in total. The minimum Gasteiger partial charge on any atom is -0.457 e. The first-order chi connectivity index (χ1) is 23.7. The predicted molar refractivity (Wildman–Crippen MR) is 198 cm³/mol. The van der Waals surface area contributed by atoms with Gasteiger partial charge < -0.3 is 9.64 Å². The van der Waals surface area contributed by atoms with E-state index in [4.69, 9.17) is 4.74 Å². The van der Waals surface area contributed by atoms with Gasteiger partial charge in [-0.3, -0.25) is 4.79 Å². The Balaban J connectivity index is 1.14. The molecule has 48 heavy (non-hydrogen) atoms. The van der Waals surface area contributed by atoms with Crippen molar-refractivity contribution in [1.29, 1.82) is 0 Å². The number of hydrogen-bond donors (Lipinski definition) is 0. The van der Waals surface area contributed by atoms with Crippen molar-refractivity contribution < 1.29 is 4.74 Å². The molecule has 0 N–H and O–H groups in total. The zero-order valence-electron chi connectivity index (χ0n) is 25.8. The lowest BCUT2D eigenvalue weighted by Crippen LogP contribution is -2.39. The summed E-state index contributed by atoms with van der Waals surface area (Å²) in [7, 11) is 0. The second kappa shape index (κ2) is 10.3. The van der Waals surface area contributed by atoms with Crippen molar-refractivity contribution in [2.24, 2.45) is 0 Å². The molecule has 1 aromatic heterocycles. The van der Waals surface area contributed by atoms with Gasteiger partial charge in [0.25, 0.3) is 0 Å². The van der Waals surface area contributed by atoms with E-state index in [-0.39, 0.29) is 5.43 Å². The molecule has 2 aliphatic rings. The Morgan fingerprint density at radius 3 is 1.67 bits per heavy atom. The average molecular weight is 634 g/mol. The quantitative estimate of drug-likeness (QED) is 0.177. The fraction of sp³-hybridized carbons (Fsp3) is 0.0227. The van der Waals surface area contributed by atoms with Gasteiger partial charge in [0.05, 0.1) is 16.8 Å². The molecule has 4 heteroatoms. The summed E-state index contributed by atoms with van der Waals surface area (Å²) in [6, 6.07) is 57.3. The number of ether oxygens (including phenoxy) is 1. The summed E-state index contributed by atoms with van der Waals surface area (Å²) in [5.74, 6) is 1.76. The zero-order chi connectivity index (χ0) is 31.8. The average Bonchev–Trinajstić information content (AvgIpc) is 3.15. The Kier molecular flexibility index (Phi) is 5.81. The molecule has 10 rings (SSSR count). The van der Waals surface area contributed by atoms with Crippen LogP contribution in [0.3, 0.4) is 0 Å². The summed E-state index contributed by atoms with van der Waals surface area (Å²) in [5.41, 5.74) is 9.82. The Bertz CT molecular complexity index is 2540. The number of anilines is 3. The van der Waals surface area contributed by atoms with Crippen molar-refractivity contribution in [3.63, 3.8) is 0 Å². The molecule has 226 valence electrons. The van der Waals surface area contributed by atoms with E-state index in [1.807, 2.05) is 42.5 Å². The van der Waals surface area contributed by atoms with Gasteiger partial charge >= 0.3 is 0 Å². The molecule has 0 unspecified atom stereocenters. The Hall–Kier alpha value is -5.97. The van der Waals surface area contributed by atoms with Crippen LogP contribution in [0.4, 0.5) is 17.1 Å². The molecular weight excluding hydrogens is 607 g/mol. The topological polar surface area (TPSA) is 29.5 Å². The van der Waals surface area contributed by atoms with E-state index in [0.29, 0.717) is 0 Å². The Morgan fingerprint density at radius 2 is 1.00 bits per heavy atom. The third kappa shape index (κ3) is 3.72. The van der Waals surface area contributed by atoms with Gasteiger partial charge in [-0.15, -0.1) is 11.3 Å². The van der Waals surface area contributed by atoms with Gasteiger partial charge in [0, 0.05) is 37.0 Å². The van der Waals surface area contributed by atoms with E-state index in [0.717, 1.165) is 71.0 Å². The molecule has 7 aromatic carbocycles. The third-order valence-electron chi connectivity index (χ3n) is 9.94. The van der Waals surface area contributed by atoms with Crippen LogP contribution in [0, 0.1) is 0 Å². The highest BCUT2D eigenvalue weighted by Gasteiger charge is 2.50. The lowest BCUT2D eigenvalue weighted by atomic mass is 9.61. The number of nitrogens with zero attached hydrogens (tertiary/aromatic N) is 1. The molecular formula is C44H27NO2S. The van der Waals surface area contributed by atoms with Crippen molar-refractivity contribution in [2.75, 3.05) is 4.90 Å². The summed E-state index contributed by atoms with van der Waals surface area (Å²) in [6.45, 7) is 0. The maximum absolute atomic E-state index is 13.2. The molecule has 8 aromatic rings. The first-order valence-electron chi connectivity index (χ1n) is 16.1. The molecule has 0 saturated heterocycles. The Labute approximate surface area is 281 Å². The molecule has 0 radical (unpaired) electrons. The fourth-order valence-electron chi connectivity index (χ4n) is 7.88. The second-order valence-corrected chi connectivity index (χ2v) is 13.5. The smallest absolute Gasteiger partial charge is 0.195 e. The first-order valence-corrected chi connectivity index (χ1v) is 17.0. The summed E-state index contributed by atoms with van der Waals surface area (Å²) in [5, 5.41) is 1.55. The van der Waals surface area contributed by atoms with E-state index in [1.54, 1.807) is 11.3 Å². The van der Waals surface area contributed by atoms with Crippen molar-refractivity contribution in [1.82, 2.24) is 0 Å². The van der Waals surface area contributed by atoms with Gasteiger partial charge in [0.2, 0.25) is 0 Å². The van der Waals surface area contributed by atoms with E-state index < -0.39 is 5.41 Å². The highest BCUT2D eigenvalue weighted by atomic mass is 32.1. The molecule has 1 spiro atoms. The number of hydrogen-bond acceptors (Lipinski definition) is 4. The number of fused-ring (bicyclic) bond motifs is 10. The highest BCUT2D eigenvalue weighted by Crippen LogP contribution is 2.62. The standard InChI is InChI=1S/C44H27NO2S/c46-43-31-11-1-10-20-41(31)48-42-27-29(23-26-32(42)43)28-21-24-30(25-22-28)45-37-16-6-2-12-33(37)44(34-13-3-7-17-38(34)45)35-14-4-8-18-39(35)47-40-19-9-5-15-36(40)44/h1-27H. The minimum absolute atomic E-state index is 0.0937. The van der Waals surface area contributed by atoms with Crippen molar-refractivity contribution >= 4 is 48.6 Å². The van der Waals surface area contributed by atoms with Crippen LogP contribution >= 0.6 is 11.3 Å². The number of benzene rings is 7. The maximum atomic E-state index is 13.2. The van der Waals surface area contributed by atoms with Gasteiger partial charge in [-0.05, 0) is 82.9 Å². The van der Waals surface area contributed by atoms with Crippen LogP contribution in [-0.2, 0) is 5.41 Å². The zero-order valence-corrected chi connectivity index (χ0v) is 26.6. The molecule has 0 bridgehead atoms. The molecule has 0 amide bonds. The van der Waals surface area contributed by atoms with Crippen LogP contribution in [0.15, 0.2) is 169 Å². The van der Waals surface area contributed by atoms with Crippen molar-refractivity contribution in [3.05, 3.63) is 196 Å². The molecule has 0 atom stereocenters. The first kappa shape index (κ1) is 27.2. The van der Waals surface area contributed by atoms with Crippen LogP contribution < -0.4 is 15.1 Å². The third-order valence-corrected chi connectivity index (χ3v) is 11.1. The fourth-order valence-corrected chi connectivity index (χ4v) is 8.99. The van der Waals surface area contributed by atoms with Gasteiger partial charge in [-0.1, -0.05) is 103 Å². The van der Waals surface area contributed by atoms with Crippen LogP contribution in [0.2, 0.25) is 0 Å². The van der Waals surface area contributed by atoms with Crippen molar-refractivity contribution in [2.45, 2.75) is 5.41 Å². The SMILES string of the molecule is O=c1c2ccccc2sc2cc(-c3ccc(N4c5ccccc5C5(c6ccccc6Oc6ccccc65)c5ccccc54)cc3)ccc12. The minimum atomic E-state index is -0.550. The Morgan fingerprint density at radius 1 is 0.479 bits per heavy atom. The summed E-state index contributed by atoms with van der Waals surface area (Å²) in [4.78, 5) is 15.6. The molecule has 0 saturated carbocycles. The lowest BCUT2D eigenvalue weighted by Gasteiger charge is -2.48. The maximum Gasteiger partial charge on any atom is 0.195 e. The molecule has 0 aliphatic carbocycles. The van der Waals surface area contributed by atoms with Crippen molar-refractivity contribution in [3.8, 4) is 22.6 Å². The van der Waals surface area contributed by atoms with E-state index in [9.17, 15) is 4.79 Å². The second-order valence-electron chi connectivity index (χ2n) is 12.4. The summed E-state index contributed by atoms with van der Waals surface area (Å²) in [6.07, 6.45) is 0. The summed E-state index contributed by atoms with van der Waals surface area (Å²) >= 11 is 1.67. The number of rotatable bonds is 2. The highest BCUT2D eigenvalue weighted by molar-refractivity contribution is 7.24. The van der Waals surface area contributed by atoms with Gasteiger partial charge in [0.1, 0.15) is 11.5 Å². The lowest BCUT2D eigenvalue weighted by molar-refractivity contribution is 0.434. The monoisotopic (exact) mass is 633 g/mol. The van der Waals surface area contributed by atoms with Gasteiger partial charge in [-0.2, -0.15) is 0 Å². The van der Waals surface area contributed by atoms with E-state index in [1.165, 1.54) is 11.1 Å². The molecule has 3 heterocycles. The summed E-state index contributed by atoms with van der Waals surface area (Å²) < 4.78 is 8.54. The van der Waals surface area contributed by atoms with Crippen LogP contribution in [0.1, 0.15) is 22.3 Å². The largest absolute Gasteiger partial charge is 0.457 e. The molecule has 2 aliphatic heterocycles. The normalized spacial score (nSPS) is 13.8. The van der Waals surface area contributed by atoms with Crippen LogP contribution in [-0.4, -0.2) is 0 Å².